The van der Waals surface area contributed by atoms with Crippen LogP contribution in [0.3, 0.4) is 0 Å². The molecule has 0 atom stereocenters. The fourth-order valence-electron chi connectivity index (χ4n) is 2.78. The van der Waals surface area contributed by atoms with Crippen molar-refractivity contribution in [3.05, 3.63) is 35.5 Å². The van der Waals surface area contributed by atoms with Gasteiger partial charge in [-0.3, -0.25) is 5.43 Å². The molecule has 0 amide bonds. The van der Waals surface area contributed by atoms with E-state index in [4.69, 9.17) is 10.5 Å². The van der Waals surface area contributed by atoms with Gasteiger partial charge in [0.25, 0.3) is 0 Å². The Morgan fingerprint density at radius 3 is 2.53 bits per heavy atom. The standard InChI is InChI=1S/C22H34N6O2/c1-6-10-28(11-7-2)20-13-17(25-21(26-20)30-15-22(4,5)29)14-24-27-19-12-16(3)8-9-18(19)23/h8-9,12-14,27,29H,6-7,10-11,15,23H2,1-5H3/b24-14+. The van der Waals surface area contributed by atoms with Crippen molar-refractivity contribution >= 4 is 23.4 Å². The monoisotopic (exact) mass is 414 g/mol. The molecule has 0 unspecified atom stereocenters. The number of nitrogens with zero attached hydrogens (tertiary/aromatic N) is 4. The Kier molecular flexibility index (Phi) is 8.41. The van der Waals surface area contributed by atoms with Gasteiger partial charge < -0.3 is 20.5 Å². The minimum atomic E-state index is -0.982. The maximum atomic E-state index is 9.97. The summed E-state index contributed by atoms with van der Waals surface area (Å²) in [7, 11) is 0. The molecule has 0 aliphatic carbocycles. The SMILES string of the molecule is CCCN(CCC)c1cc(/C=N/Nc2cc(C)ccc2N)nc(OCC(C)(C)O)n1. The maximum absolute atomic E-state index is 9.97. The third-order valence-corrected chi connectivity index (χ3v) is 4.17. The smallest absolute Gasteiger partial charge is 0.319 e. The van der Waals surface area contributed by atoms with Crippen LogP contribution in [0.15, 0.2) is 29.4 Å². The Balaban J connectivity index is 2.28. The fraction of sp³-hybridized carbons (Fsp3) is 0.500. The quantitative estimate of drug-likeness (QED) is 0.293. The first-order valence-corrected chi connectivity index (χ1v) is 10.4. The zero-order chi connectivity index (χ0) is 22.1. The van der Waals surface area contributed by atoms with Gasteiger partial charge in [0, 0.05) is 19.2 Å². The normalized spacial score (nSPS) is 11.7. The Morgan fingerprint density at radius 1 is 1.20 bits per heavy atom. The highest BCUT2D eigenvalue weighted by atomic mass is 16.5. The van der Waals surface area contributed by atoms with Crippen molar-refractivity contribution in [1.82, 2.24) is 9.97 Å². The summed E-state index contributed by atoms with van der Waals surface area (Å²) in [5.74, 6) is 0.774. The zero-order valence-corrected chi connectivity index (χ0v) is 18.6. The van der Waals surface area contributed by atoms with E-state index in [2.05, 4.69) is 39.2 Å². The van der Waals surface area contributed by atoms with Crippen molar-refractivity contribution in [3.8, 4) is 6.01 Å². The number of hydrogen-bond donors (Lipinski definition) is 3. The number of aryl methyl sites for hydroxylation is 1. The van der Waals surface area contributed by atoms with Crippen LogP contribution >= 0.6 is 0 Å². The lowest BCUT2D eigenvalue weighted by Gasteiger charge is -2.23. The number of hydrazone groups is 1. The minimum absolute atomic E-state index is 0.0899. The molecule has 4 N–H and O–H groups in total. The van der Waals surface area contributed by atoms with Gasteiger partial charge >= 0.3 is 6.01 Å². The van der Waals surface area contributed by atoms with E-state index in [1.54, 1.807) is 20.1 Å². The van der Waals surface area contributed by atoms with Crippen LogP contribution in [0.25, 0.3) is 0 Å². The average Bonchev–Trinajstić information content (AvgIpc) is 2.68. The van der Waals surface area contributed by atoms with Crippen molar-refractivity contribution in [2.24, 2.45) is 5.10 Å². The highest BCUT2D eigenvalue weighted by Gasteiger charge is 2.16. The van der Waals surface area contributed by atoms with Crippen LogP contribution in [-0.2, 0) is 0 Å². The molecular weight excluding hydrogens is 380 g/mol. The van der Waals surface area contributed by atoms with Crippen molar-refractivity contribution in [2.45, 2.75) is 53.1 Å². The predicted octanol–water partition coefficient (Wildman–Crippen LogP) is 3.59. The van der Waals surface area contributed by atoms with E-state index in [1.807, 2.05) is 31.2 Å². The van der Waals surface area contributed by atoms with E-state index >= 15 is 0 Å². The summed E-state index contributed by atoms with van der Waals surface area (Å²) in [6.07, 6.45) is 3.61. The number of ether oxygens (including phenoxy) is 1. The minimum Gasteiger partial charge on any atom is -0.460 e. The first-order chi connectivity index (χ1) is 14.2. The van der Waals surface area contributed by atoms with E-state index in [0.717, 1.165) is 43.0 Å². The van der Waals surface area contributed by atoms with Crippen LogP contribution < -0.4 is 20.8 Å². The number of aliphatic hydroxyl groups is 1. The molecule has 0 aliphatic heterocycles. The van der Waals surface area contributed by atoms with Gasteiger partial charge in [-0.25, -0.2) is 0 Å². The van der Waals surface area contributed by atoms with Crippen molar-refractivity contribution in [2.75, 3.05) is 35.8 Å². The summed E-state index contributed by atoms with van der Waals surface area (Å²) in [5, 5.41) is 14.3. The van der Waals surface area contributed by atoms with E-state index in [9.17, 15) is 5.11 Å². The first-order valence-electron chi connectivity index (χ1n) is 10.4. The van der Waals surface area contributed by atoms with Crippen molar-refractivity contribution in [3.63, 3.8) is 0 Å². The van der Waals surface area contributed by atoms with Gasteiger partial charge in [0.1, 0.15) is 12.4 Å². The summed E-state index contributed by atoms with van der Waals surface area (Å²) in [6, 6.07) is 7.81. The summed E-state index contributed by atoms with van der Waals surface area (Å²) in [5.41, 5.74) is 11.0. The molecule has 1 aromatic carbocycles. The number of hydrogen-bond acceptors (Lipinski definition) is 8. The molecule has 0 bridgehead atoms. The van der Waals surface area contributed by atoms with Crippen LogP contribution in [0.2, 0.25) is 0 Å². The molecule has 0 spiro atoms. The molecule has 0 aliphatic rings. The lowest BCUT2D eigenvalue weighted by molar-refractivity contribution is 0.0250. The summed E-state index contributed by atoms with van der Waals surface area (Å²) in [6.45, 7) is 11.5. The second-order valence-electron chi connectivity index (χ2n) is 7.98. The molecule has 8 heteroatoms. The van der Waals surface area contributed by atoms with Crippen molar-refractivity contribution < 1.29 is 9.84 Å². The van der Waals surface area contributed by atoms with Gasteiger partial charge in [0.05, 0.1) is 28.9 Å². The highest BCUT2D eigenvalue weighted by Crippen LogP contribution is 2.20. The molecular formula is C22H34N6O2. The molecule has 0 saturated carbocycles. The molecule has 0 radical (unpaired) electrons. The number of nitrogen functional groups attached to an aromatic ring is 1. The second kappa shape index (κ2) is 10.8. The number of nitrogens with two attached hydrogens (primary N) is 1. The fourth-order valence-corrected chi connectivity index (χ4v) is 2.78. The Labute approximate surface area is 179 Å². The lowest BCUT2D eigenvalue weighted by Crippen LogP contribution is -2.29. The number of rotatable bonds is 11. The van der Waals surface area contributed by atoms with Crippen LogP contribution in [0.5, 0.6) is 6.01 Å². The Hall–Kier alpha value is -2.87. The number of aromatic nitrogens is 2. The van der Waals surface area contributed by atoms with E-state index in [1.165, 1.54) is 0 Å². The van der Waals surface area contributed by atoms with Crippen LogP contribution in [0.1, 0.15) is 51.8 Å². The summed E-state index contributed by atoms with van der Waals surface area (Å²) >= 11 is 0. The second-order valence-corrected chi connectivity index (χ2v) is 7.98. The number of nitrogens with one attached hydrogen (secondary N) is 1. The van der Waals surface area contributed by atoms with E-state index < -0.39 is 5.60 Å². The molecule has 0 fully saturated rings. The molecule has 1 heterocycles. The van der Waals surface area contributed by atoms with Gasteiger partial charge in [-0.1, -0.05) is 19.9 Å². The van der Waals surface area contributed by atoms with Gasteiger partial charge in [0.15, 0.2) is 0 Å². The highest BCUT2D eigenvalue weighted by molar-refractivity contribution is 5.80. The molecule has 2 aromatic rings. The van der Waals surface area contributed by atoms with Crippen LogP contribution in [0, 0.1) is 6.92 Å². The number of benzene rings is 1. The maximum Gasteiger partial charge on any atom is 0.319 e. The summed E-state index contributed by atoms with van der Waals surface area (Å²) < 4.78 is 5.66. The number of anilines is 3. The van der Waals surface area contributed by atoms with E-state index in [-0.39, 0.29) is 12.6 Å². The predicted molar refractivity (Wildman–Crippen MR) is 123 cm³/mol. The largest absolute Gasteiger partial charge is 0.460 e. The zero-order valence-electron chi connectivity index (χ0n) is 18.6. The molecule has 8 nitrogen and oxygen atoms in total. The third kappa shape index (κ3) is 7.51. The molecule has 164 valence electrons. The van der Waals surface area contributed by atoms with Crippen LogP contribution in [0.4, 0.5) is 17.2 Å². The molecule has 2 rings (SSSR count). The Morgan fingerprint density at radius 2 is 1.90 bits per heavy atom. The molecule has 30 heavy (non-hydrogen) atoms. The first kappa shape index (κ1) is 23.4. The van der Waals surface area contributed by atoms with Gasteiger partial charge in [-0.05, 0) is 51.3 Å². The summed E-state index contributed by atoms with van der Waals surface area (Å²) in [4.78, 5) is 11.2. The third-order valence-electron chi connectivity index (χ3n) is 4.17. The van der Waals surface area contributed by atoms with Gasteiger partial charge in [0.2, 0.25) is 0 Å². The van der Waals surface area contributed by atoms with E-state index in [0.29, 0.717) is 11.4 Å². The average molecular weight is 415 g/mol. The Bertz CT molecular complexity index is 842. The van der Waals surface area contributed by atoms with Crippen LogP contribution in [-0.4, -0.2) is 46.6 Å². The molecule has 1 aromatic heterocycles. The van der Waals surface area contributed by atoms with Crippen molar-refractivity contribution in [1.29, 1.82) is 0 Å². The molecule has 0 saturated heterocycles. The lowest BCUT2D eigenvalue weighted by atomic mass is 10.2. The van der Waals surface area contributed by atoms with Gasteiger partial charge in [-0.2, -0.15) is 15.1 Å². The van der Waals surface area contributed by atoms with Gasteiger partial charge in [-0.15, -0.1) is 0 Å². The topological polar surface area (TPSA) is 109 Å².